The van der Waals surface area contributed by atoms with Crippen molar-refractivity contribution in [3.63, 3.8) is 0 Å². The molecule has 0 saturated carbocycles. The van der Waals surface area contributed by atoms with Crippen molar-refractivity contribution in [2.45, 2.75) is 39.0 Å². The van der Waals surface area contributed by atoms with Crippen molar-refractivity contribution in [3.05, 3.63) is 48.7 Å². The van der Waals surface area contributed by atoms with Crippen LogP contribution in [-0.4, -0.2) is 6.41 Å². The van der Waals surface area contributed by atoms with Crippen molar-refractivity contribution in [3.8, 4) is 0 Å². The predicted molar refractivity (Wildman–Crippen MR) is 74.5 cm³/mol. The van der Waals surface area contributed by atoms with Gasteiger partial charge in [-0.05, 0) is 38.7 Å². The summed E-state index contributed by atoms with van der Waals surface area (Å²) in [7, 11) is 0. The molecule has 0 aliphatic heterocycles. The Balaban J connectivity index is 3.70. The first kappa shape index (κ1) is 15.4. The van der Waals surface area contributed by atoms with Crippen molar-refractivity contribution in [2.75, 3.05) is 0 Å². The van der Waals surface area contributed by atoms with Crippen LogP contribution in [0.15, 0.2) is 48.7 Å². The van der Waals surface area contributed by atoms with Gasteiger partial charge in [0, 0.05) is 5.70 Å². The van der Waals surface area contributed by atoms with E-state index in [1.54, 1.807) is 0 Å². The van der Waals surface area contributed by atoms with E-state index in [2.05, 4.69) is 18.5 Å². The summed E-state index contributed by atoms with van der Waals surface area (Å²) in [5.74, 6) is 0. The van der Waals surface area contributed by atoms with Crippen LogP contribution in [0, 0.1) is 0 Å². The third kappa shape index (κ3) is 10.7. The molecule has 2 nitrogen and oxygen atoms in total. The van der Waals surface area contributed by atoms with E-state index >= 15 is 0 Å². The Morgan fingerprint density at radius 1 is 1.29 bits per heavy atom. The molecule has 0 radical (unpaired) electrons. The molecule has 0 aromatic carbocycles. The van der Waals surface area contributed by atoms with Gasteiger partial charge in [0.1, 0.15) is 0 Å². The van der Waals surface area contributed by atoms with Gasteiger partial charge in [-0.15, -0.1) is 6.58 Å². The third-order valence-corrected chi connectivity index (χ3v) is 2.37. The number of carbonyl (C=O) groups excluding carboxylic acids is 1. The number of unbranched alkanes of at least 4 members (excludes halogenated alkanes) is 3. The lowest BCUT2D eigenvalue weighted by molar-refractivity contribution is -0.108. The van der Waals surface area contributed by atoms with E-state index in [9.17, 15) is 4.79 Å². The zero-order valence-corrected chi connectivity index (χ0v) is 10.7. The molecule has 17 heavy (non-hydrogen) atoms. The van der Waals surface area contributed by atoms with Crippen LogP contribution in [-0.2, 0) is 4.79 Å². The SMILES string of the molecule is C=CCCCCCC(=C)/C=C\C=C(/C)NC=O. The number of rotatable bonds is 10. The van der Waals surface area contributed by atoms with Gasteiger partial charge in [0.05, 0.1) is 0 Å². The highest BCUT2D eigenvalue weighted by atomic mass is 16.1. The van der Waals surface area contributed by atoms with Gasteiger partial charge in [-0.1, -0.05) is 36.8 Å². The molecule has 1 N–H and O–H groups in total. The molecule has 1 amide bonds. The Hall–Kier alpha value is -1.57. The molecular weight excluding hydrogens is 210 g/mol. The first-order valence-electron chi connectivity index (χ1n) is 6.04. The lowest BCUT2D eigenvalue weighted by Crippen LogP contribution is -2.05. The molecule has 0 aromatic rings. The fourth-order valence-electron chi connectivity index (χ4n) is 1.37. The van der Waals surface area contributed by atoms with Crippen molar-refractivity contribution in [2.24, 2.45) is 0 Å². The topological polar surface area (TPSA) is 29.1 Å². The van der Waals surface area contributed by atoms with Gasteiger partial charge >= 0.3 is 0 Å². The highest BCUT2D eigenvalue weighted by molar-refractivity contribution is 5.49. The molecule has 0 bridgehead atoms. The van der Waals surface area contributed by atoms with Crippen LogP contribution in [0.2, 0.25) is 0 Å². The Bertz CT molecular complexity index is 300. The van der Waals surface area contributed by atoms with Crippen LogP contribution in [0.4, 0.5) is 0 Å². The number of nitrogens with one attached hydrogen (secondary N) is 1. The zero-order chi connectivity index (χ0) is 12.9. The largest absolute Gasteiger partial charge is 0.333 e. The molecule has 0 saturated heterocycles. The normalized spacial score (nSPS) is 11.5. The maximum absolute atomic E-state index is 10.1. The molecule has 0 fully saturated rings. The van der Waals surface area contributed by atoms with Crippen LogP contribution in [0.3, 0.4) is 0 Å². The number of amides is 1. The molecule has 0 unspecified atom stereocenters. The Labute approximate surface area is 105 Å². The average Bonchev–Trinajstić information content (AvgIpc) is 2.29. The van der Waals surface area contributed by atoms with Gasteiger partial charge < -0.3 is 5.32 Å². The van der Waals surface area contributed by atoms with Gasteiger partial charge in [-0.3, -0.25) is 4.79 Å². The Morgan fingerprint density at radius 2 is 2.06 bits per heavy atom. The average molecular weight is 233 g/mol. The highest BCUT2D eigenvalue weighted by Gasteiger charge is 1.90. The fourth-order valence-corrected chi connectivity index (χ4v) is 1.37. The monoisotopic (exact) mass is 233 g/mol. The lowest BCUT2D eigenvalue weighted by atomic mass is 10.1. The van der Waals surface area contributed by atoms with Crippen molar-refractivity contribution < 1.29 is 4.79 Å². The van der Waals surface area contributed by atoms with E-state index in [0.717, 1.165) is 24.1 Å². The van der Waals surface area contributed by atoms with E-state index in [1.165, 1.54) is 19.3 Å². The summed E-state index contributed by atoms with van der Waals surface area (Å²) in [5, 5.41) is 2.58. The summed E-state index contributed by atoms with van der Waals surface area (Å²) in [6, 6.07) is 0. The molecule has 0 rings (SSSR count). The van der Waals surface area contributed by atoms with Crippen molar-refractivity contribution >= 4 is 6.41 Å². The number of carbonyl (C=O) groups is 1. The van der Waals surface area contributed by atoms with Gasteiger partial charge in [0.2, 0.25) is 6.41 Å². The summed E-state index contributed by atoms with van der Waals surface area (Å²) >= 11 is 0. The van der Waals surface area contributed by atoms with Crippen LogP contribution in [0.1, 0.15) is 39.0 Å². The number of hydrogen-bond donors (Lipinski definition) is 1. The minimum absolute atomic E-state index is 0.675. The van der Waals surface area contributed by atoms with Crippen LogP contribution < -0.4 is 5.32 Å². The van der Waals surface area contributed by atoms with E-state index in [-0.39, 0.29) is 0 Å². The molecule has 0 heterocycles. The van der Waals surface area contributed by atoms with Crippen LogP contribution in [0.5, 0.6) is 0 Å². The Morgan fingerprint density at radius 3 is 2.71 bits per heavy atom. The zero-order valence-electron chi connectivity index (χ0n) is 10.7. The van der Waals surface area contributed by atoms with E-state index in [0.29, 0.717) is 6.41 Å². The maximum atomic E-state index is 10.1. The predicted octanol–water partition coefficient (Wildman–Crippen LogP) is 3.89. The minimum Gasteiger partial charge on any atom is -0.333 e. The van der Waals surface area contributed by atoms with Crippen LogP contribution in [0.25, 0.3) is 0 Å². The minimum atomic E-state index is 0.675. The molecule has 0 aliphatic rings. The van der Waals surface area contributed by atoms with Crippen molar-refractivity contribution in [1.29, 1.82) is 0 Å². The van der Waals surface area contributed by atoms with Crippen LogP contribution >= 0.6 is 0 Å². The second-order valence-electron chi connectivity index (χ2n) is 4.02. The standard InChI is InChI=1S/C15H23NO/c1-4-5-6-7-8-10-14(2)11-9-12-15(3)16-13-17/h4,9,11-13H,1-2,5-8,10H2,3H3,(H,16,17)/b11-9-,15-12+. The fraction of sp³-hybridized carbons (Fsp3) is 0.400. The summed E-state index contributed by atoms with van der Waals surface area (Å²) in [4.78, 5) is 10.1. The first-order valence-corrected chi connectivity index (χ1v) is 6.04. The number of hydrogen-bond acceptors (Lipinski definition) is 1. The smallest absolute Gasteiger partial charge is 0.211 e. The molecule has 0 aliphatic carbocycles. The lowest BCUT2D eigenvalue weighted by Gasteiger charge is -1.99. The molecule has 2 heteroatoms. The van der Waals surface area contributed by atoms with Gasteiger partial charge in [-0.2, -0.15) is 0 Å². The third-order valence-electron chi connectivity index (χ3n) is 2.37. The second-order valence-corrected chi connectivity index (χ2v) is 4.02. The molecule has 0 spiro atoms. The quantitative estimate of drug-likeness (QED) is 0.264. The maximum Gasteiger partial charge on any atom is 0.211 e. The molecular formula is C15H23NO. The van der Waals surface area contributed by atoms with Gasteiger partial charge in [0.15, 0.2) is 0 Å². The molecule has 0 atom stereocenters. The molecule has 94 valence electrons. The number of allylic oxidation sites excluding steroid dienone is 6. The summed E-state index contributed by atoms with van der Waals surface area (Å²) in [6.45, 7) is 9.53. The van der Waals surface area contributed by atoms with Crippen molar-refractivity contribution in [1.82, 2.24) is 5.32 Å². The van der Waals surface area contributed by atoms with Gasteiger partial charge in [-0.25, -0.2) is 0 Å². The summed E-state index contributed by atoms with van der Waals surface area (Å²) in [6.07, 6.45) is 14.1. The van der Waals surface area contributed by atoms with E-state index < -0.39 is 0 Å². The van der Waals surface area contributed by atoms with E-state index in [4.69, 9.17) is 0 Å². The van der Waals surface area contributed by atoms with E-state index in [1.807, 2.05) is 31.2 Å². The second kappa shape index (κ2) is 10.9. The summed E-state index contributed by atoms with van der Waals surface area (Å²) < 4.78 is 0. The summed E-state index contributed by atoms with van der Waals surface area (Å²) in [5.41, 5.74) is 1.95. The first-order chi connectivity index (χ1) is 8.20. The van der Waals surface area contributed by atoms with Gasteiger partial charge in [0.25, 0.3) is 0 Å². The molecule has 0 aromatic heterocycles. The highest BCUT2D eigenvalue weighted by Crippen LogP contribution is 2.09. The Kier molecular flexibility index (Phi) is 9.92.